The van der Waals surface area contributed by atoms with Crippen LogP contribution in [0.4, 0.5) is 4.39 Å². The molecule has 0 aromatic rings. The highest BCUT2D eigenvalue weighted by Crippen LogP contribution is 2.72. The Morgan fingerprint density at radius 1 is 1.29 bits per heavy atom. The number of Topliss-reactive ketones (excluding diaryl/α,β-unsaturated/α-hetero) is 1. The lowest BCUT2D eigenvalue weighted by Crippen LogP contribution is -2.69. The van der Waals surface area contributed by atoms with E-state index in [-0.39, 0.29) is 24.7 Å². The Kier molecular flexibility index (Phi) is 4.81. The van der Waals surface area contributed by atoms with Crippen LogP contribution in [0.3, 0.4) is 0 Å². The molecular formula is C26H31FO7. The number of hydrogen-bond donors (Lipinski definition) is 2. The molecule has 0 aromatic heterocycles. The standard InChI is InChI=1S/C26H31FO7/c1-5-33-22(32)20-19(30)21(31)26(34-20)13(2)10-17-16-7-6-14-11-15(28)8-9-23(14,3)25(16,27)18(29)12-24(17,26)4/h8-9,11,13,16-18,29-30H,5-7,10,12H2,1-4H3/t13-,16-,17-,18?,23-,24-,25-,26-/m0/s1. The number of aliphatic hydroxyl groups is 2. The van der Waals surface area contributed by atoms with Crippen molar-refractivity contribution in [3.63, 3.8) is 0 Å². The first-order chi connectivity index (χ1) is 15.9. The second kappa shape index (κ2) is 7.03. The van der Waals surface area contributed by atoms with Crippen molar-refractivity contribution < 1.29 is 38.5 Å². The predicted octanol–water partition coefficient (Wildman–Crippen LogP) is 3.27. The number of halogens is 1. The summed E-state index contributed by atoms with van der Waals surface area (Å²) in [6.07, 6.45) is 4.25. The summed E-state index contributed by atoms with van der Waals surface area (Å²) in [4.78, 5) is 37.9. The van der Waals surface area contributed by atoms with Gasteiger partial charge in [0.25, 0.3) is 5.76 Å². The molecule has 4 aliphatic carbocycles. The third-order valence-electron chi connectivity index (χ3n) is 9.67. The molecule has 5 aliphatic rings. The van der Waals surface area contributed by atoms with Crippen LogP contribution in [0.2, 0.25) is 0 Å². The van der Waals surface area contributed by atoms with Crippen LogP contribution < -0.4 is 0 Å². The minimum Gasteiger partial charge on any atom is -0.501 e. The van der Waals surface area contributed by atoms with Crippen LogP contribution in [0.25, 0.3) is 0 Å². The Morgan fingerprint density at radius 2 is 2.00 bits per heavy atom. The fourth-order valence-corrected chi connectivity index (χ4v) is 8.10. The Hall–Kier alpha value is -2.48. The number of carbonyl (C=O) groups excluding carboxylic acids is 3. The minimum absolute atomic E-state index is 0.0468. The van der Waals surface area contributed by atoms with E-state index in [1.807, 2.05) is 6.92 Å². The number of aliphatic hydroxyl groups excluding tert-OH is 2. The van der Waals surface area contributed by atoms with Gasteiger partial charge in [0.05, 0.1) is 12.7 Å². The molecule has 1 spiro atoms. The van der Waals surface area contributed by atoms with Crippen molar-refractivity contribution in [3.05, 3.63) is 35.3 Å². The monoisotopic (exact) mass is 474 g/mol. The molecule has 1 aliphatic heterocycles. The van der Waals surface area contributed by atoms with Gasteiger partial charge in [-0.25, -0.2) is 9.18 Å². The third-order valence-corrected chi connectivity index (χ3v) is 9.67. The van der Waals surface area contributed by atoms with Gasteiger partial charge >= 0.3 is 5.97 Å². The van der Waals surface area contributed by atoms with Crippen LogP contribution >= 0.6 is 0 Å². The Bertz CT molecular complexity index is 1090. The number of allylic oxidation sites excluding steroid dienone is 4. The van der Waals surface area contributed by atoms with Gasteiger partial charge in [-0.05, 0) is 57.6 Å². The highest BCUT2D eigenvalue weighted by Gasteiger charge is 2.78. The average molecular weight is 475 g/mol. The number of ether oxygens (including phenoxy) is 2. The van der Waals surface area contributed by atoms with Gasteiger partial charge in [0.1, 0.15) is 0 Å². The Morgan fingerprint density at radius 3 is 2.68 bits per heavy atom. The molecular weight excluding hydrogens is 443 g/mol. The van der Waals surface area contributed by atoms with E-state index in [1.54, 1.807) is 26.8 Å². The molecule has 34 heavy (non-hydrogen) atoms. The molecule has 0 bridgehead atoms. The lowest BCUT2D eigenvalue weighted by atomic mass is 9.44. The zero-order chi connectivity index (χ0) is 24.8. The van der Waals surface area contributed by atoms with Crippen LogP contribution in [-0.4, -0.2) is 51.7 Å². The topological polar surface area (TPSA) is 110 Å². The predicted molar refractivity (Wildman–Crippen MR) is 118 cm³/mol. The largest absolute Gasteiger partial charge is 0.501 e. The van der Waals surface area contributed by atoms with E-state index in [4.69, 9.17) is 9.47 Å². The van der Waals surface area contributed by atoms with E-state index in [0.29, 0.717) is 24.8 Å². The van der Waals surface area contributed by atoms with Crippen molar-refractivity contribution in [2.45, 2.75) is 70.8 Å². The second-order valence-corrected chi connectivity index (χ2v) is 11.0. The molecule has 7 nitrogen and oxygen atoms in total. The van der Waals surface area contributed by atoms with Gasteiger partial charge in [0.15, 0.2) is 17.1 Å². The first kappa shape index (κ1) is 23.3. The molecule has 1 unspecified atom stereocenters. The van der Waals surface area contributed by atoms with Gasteiger partial charge in [0, 0.05) is 22.7 Å². The van der Waals surface area contributed by atoms with Crippen LogP contribution in [0.1, 0.15) is 53.4 Å². The summed E-state index contributed by atoms with van der Waals surface area (Å²) in [5.41, 5.74) is -5.12. The summed E-state index contributed by atoms with van der Waals surface area (Å²) < 4.78 is 28.2. The zero-order valence-corrected chi connectivity index (χ0v) is 19.9. The van der Waals surface area contributed by atoms with Crippen LogP contribution in [0.5, 0.6) is 0 Å². The molecule has 0 radical (unpaired) electrons. The maximum absolute atomic E-state index is 17.2. The molecule has 8 heteroatoms. The summed E-state index contributed by atoms with van der Waals surface area (Å²) in [7, 11) is 0. The fraction of sp³-hybridized carbons (Fsp3) is 0.654. The van der Waals surface area contributed by atoms with Crippen molar-refractivity contribution in [1.29, 1.82) is 0 Å². The van der Waals surface area contributed by atoms with Crippen LogP contribution in [0.15, 0.2) is 35.3 Å². The quantitative estimate of drug-likeness (QED) is 0.591. The maximum Gasteiger partial charge on any atom is 0.377 e. The summed E-state index contributed by atoms with van der Waals surface area (Å²) >= 11 is 0. The number of esters is 1. The average Bonchev–Trinajstić information content (AvgIpc) is 3.17. The lowest BCUT2D eigenvalue weighted by molar-refractivity contribution is -0.218. The molecule has 1 heterocycles. The van der Waals surface area contributed by atoms with Gasteiger partial charge in [0.2, 0.25) is 11.5 Å². The van der Waals surface area contributed by atoms with Gasteiger partial charge in [-0.2, -0.15) is 0 Å². The summed E-state index contributed by atoms with van der Waals surface area (Å²) in [6, 6.07) is 0. The number of carbonyl (C=O) groups is 3. The number of rotatable bonds is 2. The van der Waals surface area contributed by atoms with E-state index in [1.165, 1.54) is 12.2 Å². The zero-order valence-electron chi connectivity index (χ0n) is 19.9. The molecule has 3 fully saturated rings. The van der Waals surface area contributed by atoms with Crippen molar-refractivity contribution in [2.24, 2.45) is 28.6 Å². The molecule has 184 valence electrons. The van der Waals surface area contributed by atoms with Crippen molar-refractivity contribution in [1.82, 2.24) is 0 Å². The maximum atomic E-state index is 17.2. The number of hydrogen-bond acceptors (Lipinski definition) is 7. The molecule has 0 saturated heterocycles. The van der Waals surface area contributed by atoms with Crippen molar-refractivity contribution in [3.8, 4) is 0 Å². The number of ketones is 2. The molecule has 0 aromatic carbocycles. The molecule has 8 atom stereocenters. The van der Waals surface area contributed by atoms with Gasteiger partial charge in [-0.3, -0.25) is 9.59 Å². The lowest BCUT2D eigenvalue weighted by Gasteiger charge is -2.62. The van der Waals surface area contributed by atoms with Crippen LogP contribution in [-0.2, 0) is 23.9 Å². The summed E-state index contributed by atoms with van der Waals surface area (Å²) in [5.74, 6) is -4.49. The van der Waals surface area contributed by atoms with Crippen LogP contribution in [0, 0.1) is 28.6 Å². The van der Waals surface area contributed by atoms with E-state index in [9.17, 15) is 24.6 Å². The van der Waals surface area contributed by atoms with Crippen molar-refractivity contribution >= 4 is 17.5 Å². The highest BCUT2D eigenvalue weighted by molar-refractivity contribution is 6.09. The summed E-state index contributed by atoms with van der Waals surface area (Å²) in [6.45, 7) is 7.00. The number of alkyl halides is 1. The molecule has 3 saturated carbocycles. The number of fused-ring (bicyclic) bond motifs is 6. The fourth-order valence-electron chi connectivity index (χ4n) is 8.10. The minimum atomic E-state index is -2.04. The molecule has 2 N–H and O–H groups in total. The molecule has 5 rings (SSSR count). The van der Waals surface area contributed by atoms with E-state index in [0.717, 1.165) is 0 Å². The molecule has 0 amide bonds. The second-order valence-electron chi connectivity index (χ2n) is 11.0. The Labute approximate surface area is 197 Å². The van der Waals surface area contributed by atoms with Gasteiger partial charge < -0.3 is 19.7 Å². The first-order valence-corrected chi connectivity index (χ1v) is 12.0. The van der Waals surface area contributed by atoms with E-state index >= 15 is 4.39 Å². The van der Waals surface area contributed by atoms with Crippen molar-refractivity contribution in [2.75, 3.05) is 6.61 Å². The van der Waals surface area contributed by atoms with Gasteiger partial charge in [-0.15, -0.1) is 0 Å². The highest BCUT2D eigenvalue weighted by atomic mass is 19.1. The SMILES string of the molecule is CCOC(=O)C1=C(O)C(=O)[C@@]2(O1)[C@@H](C)C[C@H]1[C@@H]3CCC4=CC(=O)C=C[C@]4(C)[C@@]3(F)C(O)C[C@@]12C. The smallest absolute Gasteiger partial charge is 0.377 e. The van der Waals surface area contributed by atoms with Gasteiger partial charge in [-0.1, -0.05) is 25.5 Å². The first-order valence-electron chi connectivity index (χ1n) is 12.0. The Balaban J connectivity index is 1.59. The van der Waals surface area contributed by atoms with E-state index < -0.39 is 63.3 Å². The van der Waals surface area contributed by atoms with E-state index in [2.05, 4.69) is 0 Å². The normalized spacial score (nSPS) is 47.2. The third kappa shape index (κ3) is 2.42. The summed E-state index contributed by atoms with van der Waals surface area (Å²) in [5, 5.41) is 22.0.